The number of rotatable bonds is 4. The maximum atomic E-state index is 11.2. The second-order valence-corrected chi connectivity index (χ2v) is 4.92. The number of nitrogens with zero attached hydrogens (tertiary/aromatic N) is 3. The van der Waals surface area contributed by atoms with Crippen molar-refractivity contribution in [1.29, 1.82) is 0 Å². The van der Waals surface area contributed by atoms with E-state index in [4.69, 9.17) is 5.11 Å². The van der Waals surface area contributed by atoms with Gasteiger partial charge < -0.3 is 5.11 Å². The van der Waals surface area contributed by atoms with Crippen molar-refractivity contribution >= 4 is 11.7 Å². The lowest BCUT2D eigenvalue weighted by Gasteiger charge is -2.09. The Balaban J connectivity index is 2.16. The molecule has 24 heavy (non-hydrogen) atoms. The van der Waals surface area contributed by atoms with Crippen LogP contribution in [0.5, 0.6) is 0 Å². The number of carboxylic acids is 1. The van der Waals surface area contributed by atoms with Crippen molar-refractivity contribution in [1.82, 2.24) is 9.97 Å². The van der Waals surface area contributed by atoms with Crippen LogP contribution in [-0.2, 0) is 0 Å². The van der Waals surface area contributed by atoms with Crippen LogP contribution in [0.4, 0.5) is 5.69 Å². The summed E-state index contributed by atoms with van der Waals surface area (Å²) in [6.45, 7) is 0. The highest BCUT2D eigenvalue weighted by Crippen LogP contribution is 2.30. The van der Waals surface area contributed by atoms with Gasteiger partial charge in [-0.05, 0) is 42.0 Å². The minimum atomic E-state index is -1.14. The minimum absolute atomic E-state index is 0.0201. The molecule has 2 aromatic heterocycles. The van der Waals surface area contributed by atoms with Crippen LogP contribution >= 0.6 is 0 Å². The Bertz CT molecular complexity index is 909. The third kappa shape index (κ3) is 2.95. The number of pyridine rings is 2. The summed E-state index contributed by atoms with van der Waals surface area (Å²) in [6, 6.07) is 14.2. The summed E-state index contributed by atoms with van der Waals surface area (Å²) in [5.41, 5.74) is 2.15. The Morgan fingerprint density at radius 2 is 1.79 bits per heavy atom. The molecule has 7 nitrogen and oxygen atoms in total. The SMILES string of the molecule is O=C(O)c1ccc(-c2ccc([N+](=O)[O-])cc2)c(-c2ccccn2)n1. The zero-order valence-electron chi connectivity index (χ0n) is 12.3. The molecule has 3 aromatic rings. The quantitative estimate of drug-likeness (QED) is 0.583. The number of aromatic carboxylic acids is 1. The van der Waals surface area contributed by atoms with Gasteiger partial charge in [-0.25, -0.2) is 9.78 Å². The number of nitro groups is 1. The minimum Gasteiger partial charge on any atom is -0.477 e. The first-order chi connectivity index (χ1) is 11.6. The molecule has 0 atom stereocenters. The van der Waals surface area contributed by atoms with E-state index in [1.165, 1.54) is 18.2 Å². The van der Waals surface area contributed by atoms with Crippen LogP contribution in [0.25, 0.3) is 22.5 Å². The van der Waals surface area contributed by atoms with Crippen LogP contribution in [-0.4, -0.2) is 26.0 Å². The molecule has 0 aliphatic heterocycles. The second kappa shape index (κ2) is 6.25. The molecule has 0 unspecified atom stereocenters. The van der Waals surface area contributed by atoms with Crippen molar-refractivity contribution in [2.75, 3.05) is 0 Å². The summed E-state index contributed by atoms with van der Waals surface area (Å²) < 4.78 is 0. The van der Waals surface area contributed by atoms with E-state index < -0.39 is 10.9 Å². The molecule has 2 heterocycles. The fraction of sp³-hybridized carbons (Fsp3) is 0. The Labute approximate surface area is 136 Å². The van der Waals surface area contributed by atoms with Crippen molar-refractivity contribution in [3.63, 3.8) is 0 Å². The van der Waals surface area contributed by atoms with E-state index in [0.717, 1.165) is 0 Å². The van der Waals surface area contributed by atoms with E-state index in [1.807, 2.05) is 0 Å². The number of non-ortho nitro benzene ring substituents is 1. The standard InChI is InChI=1S/C17H11N3O4/c21-17(22)15-9-8-13(11-4-6-12(7-5-11)20(23)24)16(19-15)14-3-1-2-10-18-14/h1-10H,(H,21,22). The molecule has 7 heteroatoms. The van der Waals surface area contributed by atoms with Crippen LogP contribution in [0.2, 0.25) is 0 Å². The number of nitro benzene ring substituents is 1. The Kier molecular flexibility index (Phi) is 3.98. The predicted octanol–water partition coefficient (Wildman–Crippen LogP) is 3.42. The van der Waals surface area contributed by atoms with Gasteiger partial charge in [-0.1, -0.05) is 6.07 Å². The Hall–Kier alpha value is -3.61. The number of hydrogen-bond acceptors (Lipinski definition) is 5. The van der Waals surface area contributed by atoms with E-state index in [2.05, 4.69) is 9.97 Å². The van der Waals surface area contributed by atoms with E-state index in [9.17, 15) is 14.9 Å². The molecule has 3 rings (SSSR count). The predicted molar refractivity (Wildman–Crippen MR) is 86.5 cm³/mol. The number of hydrogen-bond donors (Lipinski definition) is 1. The molecule has 0 aliphatic carbocycles. The number of aromatic nitrogens is 2. The van der Waals surface area contributed by atoms with Crippen LogP contribution in [0.1, 0.15) is 10.5 Å². The van der Waals surface area contributed by atoms with Crippen LogP contribution < -0.4 is 0 Å². The summed E-state index contributed by atoms with van der Waals surface area (Å²) in [5.74, 6) is -1.14. The molecule has 0 amide bonds. The normalized spacial score (nSPS) is 10.3. The van der Waals surface area contributed by atoms with Crippen LogP contribution in [0, 0.1) is 10.1 Å². The lowest BCUT2D eigenvalue weighted by atomic mass is 10.0. The van der Waals surface area contributed by atoms with Gasteiger partial charge in [0.25, 0.3) is 5.69 Å². The van der Waals surface area contributed by atoms with Gasteiger partial charge in [0, 0.05) is 23.9 Å². The van der Waals surface area contributed by atoms with E-state index >= 15 is 0 Å². The summed E-state index contributed by atoms with van der Waals surface area (Å²) in [6.07, 6.45) is 1.59. The summed E-state index contributed by atoms with van der Waals surface area (Å²) >= 11 is 0. The first kappa shape index (κ1) is 15.3. The maximum Gasteiger partial charge on any atom is 0.354 e. The fourth-order valence-electron chi connectivity index (χ4n) is 2.27. The van der Waals surface area contributed by atoms with Gasteiger partial charge in [0.05, 0.1) is 16.3 Å². The lowest BCUT2D eigenvalue weighted by molar-refractivity contribution is -0.384. The van der Waals surface area contributed by atoms with Crippen molar-refractivity contribution in [2.45, 2.75) is 0 Å². The molecule has 0 radical (unpaired) electrons. The summed E-state index contributed by atoms with van der Waals surface area (Å²) in [5, 5.41) is 19.9. The highest BCUT2D eigenvalue weighted by atomic mass is 16.6. The summed E-state index contributed by atoms with van der Waals surface area (Å²) in [7, 11) is 0. The van der Waals surface area contributed by atoms with Gasteiger partial charge >= 0.3 is 5.97 Å². The van der Waals surface area contributed by atoms with Crippen molar-refractivity contribution < 1.29 is 14.8 Å². The van der Waals surface area contributed by atoms with Crippen molar-refractivity contribution in [3.8, 4) is 22.5 Å². The molecular weight excluding hydrogens is 310 g/mol. The Morgan fingerprint density at radius 1 is 1.04 bits per heavy atom. The largest absolute Gasteiger partial charge is 0.477 e. The molecule has 118 valence electrons. The second-order valence-electron chi connectivity index (χ2n) is 4.92. The smallest absolute Gasteiger partial charge is 0.354 e. The van der Waals surface area contributed by atoms with Gasteiger partial charge in [-0.2, -0.15) is 0 Å². The van der Waals surface area contributed by atoms with E-state index in [-0.39, 0.29) is 11.4 Å². The molecule has 0 saturated heterocycles. The molecular formula is C17H11N3O4. The van der Waals surface area contributed by atoms with Gasteiger partial charge in [0.2, 0.25) is 0 Å². The summed E-state index contributed by atoms with van der Waals surface area (Å²) in [4.78, 5) is 29.9. The van der Waals surface area contributed by atoms with Crippen LogP contribution in [0.3, 0.4) is 0 Å². The highest BCUT2D eigenvalue weighted by Gasteiger charge is 2.15. The molecule has 0 bridgehead atoms. The van der Waals surface area contributed by atoms with Crippen molar-refractivity contribution in [3.05, 3.63) is 76.6 Å². The van der Waals surface area contributed by atoms with Gasteiger partial charge in [-0.3, -0.25) is 15.1 Å². The first-order valence-electron chi connectivity index (χ1n) is 6.97. The molecule has 0 spiro atoms. The van der Waals surface area contributed by atoms with Gasteiger partial charge in [0.15, 0.2) is 0 Å². The topological polar surface area (TPSA) is 106 Å². The lowest BCUT2D eigenvalue weighted by Crippen LogP contribution is -2.03. The maximum absolute atomic E-state index is 11.2. The number of benzene rings is 1. The third-order valence-electron chi connectivity index (χ3n) is 3.41. The van der Waals surface area contributed by atoms with Crippen molar-refractivity contribution in [2.24, 2.45) is 0 Å². The molecule has 1 aromatic carbocycles. The number of carboxylic acid groups (broad SMARTS) is 1. The molecule has 0 saturated carbocycles. The average molecular weight is 321 g/mol. The molecule has 0 fully saturated rings. The average Bonchev–Trinajstić information content (AvgIpc) is 2.62. The Morgan fingerprint density at radius 3 is 2.38 bits per heavy atom. The zero-order valence-corrected chi connectivity index (χ0v) is 12.3. The van der Waals surface area contributed by atoms with E-state index in [1.54, 1.807) is 42.6 Å². The molecule has 1 N–H and O–H groups in total. The third-order valence-corrected chi connectivity index (χ3v) is 3.41. The van der Waals surface area contributed by atoms with Gasteiger partial charge in [-0.15, -0.1) is 0 Å². The number of carbonyl (C=O) groups is 1. The molecule has 0 aliphatic rings. The van der Waals surface area contributed by atoms with Gasteiger partial charge in [0.1, 0.15) is 5.69 Å². The fourth-order valence-corrected chi connectivity index (χ4v) is 2.27. The van der Waals surface area contributed by atoms with E-state index in [0.29, 0.717) is 22.5 Å². The first-order valence-corrected chi connectivity index (χ1v) is 6.97. The van der Waals surface area contributed by atoms with Crippen LogP contribution in [0.15, 0.2) is 60.8 Å². The highest BCUT2D eigenvalue weighted by molar-refractivity contribution is 5.89. The zero-order chi connectivity index (χ0) is 17.1. The monoisotopic (exact) mass is 321 g/mol.